The molecule has 5 nitrogen and oxygen atoms in total. The first-order chi connectivity index (χ1) is 11.9. The molecule has 0 saturated carbocycles. The fourth-order valence-electron chi connectivity index (χ4n) is 2.98. The molecule has 136 valence electrons. The van der Waals surface area contributed by atoms with Crippen molar-refractivity contribution in [2.24, 2.45) is 0 Å². The Morgan fingerprint density at radius 2 is 2.20 bits per heavy atom. The van der Waals surface area contributed by atoms with Crippen LogP contribution < -0.4 is 10.9 Å². The van der Waals surface area contributed by atoms with Gasteiger partial charge in [0, 0.05) is 22.6 Å². The topological polar surface area (TPSA) is 74.8 Å². The van der Waals surface area contributed by atoms with Crippen molar-refractivity contribution in [1.82, 2.24) is 15.3 Å². The first-order valence-electron chi connectivity index (χ1n) is 8.82. The van der Waals surface area contributed by atoms with Crippen molar-refractivity contribution in [1.29, 1.82) is 0 Å². The average molecular weight is 380 g/mol. The number of H-pyrrole nitrogens is 1. The van der Waals surface area contributed by atoms with Crippen molar-refractivity contribution < 1.29 is 4.79 Å². The summed E-state index contributed by atoms with van der Waals surface area (Å²) in [6.45, 7) is 6.12. The van der Waals surface area contributed by atoms with Crippen molar-refractivity contribution in [2.45, 2.75) is 64.2 Å². The smallest absolute Gasteiger partial charge is 0.259 e. The Balaban J connectivity index is 1.56. The number of fused-ring (bicyclic) bond motifs is 3. The van der Waals surface area contributed by atoms with Crippen molar-refractivity contribution in [3.8, 4) is 0 Å². The van der Waals surface area contributed by atoms with E-state index < -0.39 is 0 Å². The molecule has 2 N–H and O–H groups in total. The largest absolute Gasteiger partial charge is 0.351 e. The van der Waals surface area contributed by atoms with E-state index >= 15 is 0 Å². The lowest BCUT2D eigenvalue weighted by Crippen LogP contribution is -2.42. The summed E-state index contributed by atoms with van der Waals surface area (Å²) in [7, 11) is 0. The van der Waals surface area contributed by atoms with Gasteiger partial charge in [-0.1, -0.05) is 6.92 Å². The van der Waals surface area contributed by atoms with Crippen LogP contribution in [-0.2, 0) is 23.4 Å². The standard InChI is InChI=1S/C18H25N3O2S2/c1-4-18(2,3)21-14(22)8-9-24-10-13-19-16(23)15-11-6-5-7-12(11)25-17(15)20-13/h4-10H2,1-3H3,(H,21,22)(H,19,20,23). The van der Waals surface area contributed by atoms with E-state index in [1.54, 1.807) is 23.1 Å². The van der Waals surface area contributed by atoms with Crippen LogP contribution in [0.1, 0.15) is 56.3 Å². The van der Waals surface area contributed by atoms with Crippen molar-refractivity contribution in [3.63, 3.8) is 0 Å². The van der Waals surface area contributed by atoms with Gasteiger partial charge < -0.3 is 10.3 Å². The molecule has 1 amide bonds. The average Bonchev–Trinajstić information content (AvgIpc) is 3.11. The lowest BCUT2D eigenvalue weighted by molar-refractivity contribution is -0.122. The van der Waals surface area contributed by atoms with E-state index in [4.69, 9.17) is 0 Å². The number of thioether (sulfide) groups is 1. The molecule has 2 aromatic heterocycles. The number of aromatic amines is 1. The van der Waals surface area contributed by atoms with Gasteiger partial charge in [-0.15, -0.1) is 11.3 Å². The Kier molecular flexibility index (Phi) is 5.53. The number of nitrogens with zero attached hydrogens (tertiary/aromatic N) is 1. The van der Waals surface area contributed by atoms with Crippen molar-refractivity contribution in [2.75, 3.05) is 5.75 Å². The number of hydrogen-bond donors (Lipinski definition) is 2. The van der Waals surface area contributed by atoms with Gasteiger partial charge in [0.05, 0.1) is 11.1 Å². The van der Waals surface area contributed by atoms with Crippen LogP contribution in [0.4, 0.5) is 0 Å². The lowest BCUT2D eigenvalue weighted by atomic mass is 10.0. The minimum atomic E-state index is -0.154. The summed E-state index contributed by atoms with van der Waals surface area (Å²) in [4.78, 5) is 34.1. The van der Waals surface area contributed by atoms with Gasteiger partial charge in [-0.2, -0.15) is 11.8 Å². The van der Waals surface area contributed by atoms with E-state index in [0.29, 0.717) is 23.8 Å². The SMILES string of the molecule is CCC(C)(C)NC(=O)CCSCc1nc2sc3c(c2c(=O)[nH]1)CCC3. The number of carbonyl (C=O) groups is 1. The summed E-state index contributed by atoms with van der Waals surface area (Å²) in [6.07, 6.45) is 4.60. The van der Waals surface area contributed by atoms with Crippen LogP contribution >= 0.6 is 23.1 Å². The summed E-state index contributed by atoms with van der Waals surface area (Å²) in [6, 6.07) is 0. The normalized spacial score (nSPS) is 14.0. The van der Waals surface area contributed by atoms with Crippen LogP contribution in [0.2, 0.25) is 0 Å². The molecule has 2 heterocycles. The molecule has 0 spiro atoms. The highest BCUT2D eigenvalue weighted by Gasteiger charge is 2.21. The Hall–Kier alpha value is -1.34. The molecule has 0 saturated heterocycles. The second-order valence-corrected chi connectivity index (χ2v) is 9.33. The molecule has 7 heteroatoms. The number of nitrogens with one attached hydrogen (secondary N) is 2. The maximum atomic E-state index is 12.4. The van der Waals surface area contributed by atoms with Crippen LogP contribution in [0.5, 0.6) is 0 Å². The van der Waals surface area contributed by atoms with E-state index in [1.165, 1.54) is 10.4 Å². The molecule has 3 rings (SSSR count). The van der Waals surface area contributed by atoms with Crippen LogP contribution in [-0.4, -0.2) is 27.2 Å². The molecule has 2 aromatic rings. The third-order valence-corrected chi connectivity index (χ3v) is 6.85. The van der Waals surface area contributed by atoms with Gasteiger partial charge in [0.1, 0.15) is 10.7 Å². The second-order valence-electron chi connectivity index (χ2n) is 7.14. The third kappa shape index (κ3) is 4.26. The lowest BCUT2D eigenvalue weighted by Gasteiger charge is -2.24. The number of hydrogen-bond acceptors (Lipinski definition) is 5. The Bertz CT molecular complexity index is 839. The number of carbonyl (C=O) groups excluding carboxylic acids is 1. The molecule has 0 bridgehead atoms. The molecule has 1 aliphatic carbocycles. The third-order valence-electron chi connectivity index (χ3n) is 4.70. The van der Waals surface area contributed by atoms with Crippen LogP contribution in [0, 0.1) is 0 Å². The molecule has 0 atom stereocenters. The van der Waals surface area contributed by atoms with E-state index in [9.17, 15) is 9.59 Å². The van der Waals surface area contributed by atoms with Gasteiger partial charge in [-0.05, 0) is 45.1 Å². The van der Waals surface area contributed by atoms with Gasteiger partial charge in [-0.3, -0.25) is 9.59 Å². The Morgan fingerprint density at radius 3 is 2.96 bits per heavy atom. The molecule has 0 aromatic carbocycles. The molecule has 0 aliphatic heterocycles. The highest BCUT2D eigenvalue weighted by Crippen LogP contribution is 2.34. The zero-order chi connectivity index (χ0) is 18.0. The zero-order valence-corrected chi connectivity index (χ0v) is 16.7. The van der Waals surface area contributed by atoms with Crippen LogP contribution in [0.3, 0.4) is 0 Å². The fourth-order valence-corrected chi connectivity index (χ4v) is 5.06. The van der Waals surface area contributed by atoms with Gasteiger partial charge in [0.15, 0.2) is 0 Å². The maximum absolute atomic E-state index is 12.4. The summed E-state index contributed by atoms with van der Waals surface area (Å²) >= 11 is 3.29. The summed E-state index contributed by atoms with van der Waals surface area (Å²) in [5, 5.41) is 3.83. The second kappa shape index (κ2) is 7.50. The Labute approximate surface area is 156 Å². The maximum Gasteiger partial charge on any atom is 0.259 e. The highest BCUT2D eigenvalue weighted by molar-refractivity contribution is 7.98. The number of aryl methyl sites for hydroxylation is 2. The summed E-state index contributed by atoms with van der Waals surface area (Å²) in [5.74, 6) is 2.12. The van der Waals surface area contributed by atoms with Gasteiger partial charge in [0.2, 0.25) is 5.91 Å². The van der Waals surface area contributed by atoms with Gasteiger partial charge in [0.25, 0.3) is 5.56 Å². The van der Waals surface area contributed by atoms with E-state index in [-0.39, 0.29) is 17.0 Å². The monoisotopic (exact) mass is 379 g/mol. The molecule has 0 unspecified atom stereocenters. The number of aromatic nitrogens is 2. The van der Waals surface area contributed by atoms with E-state index in [1.807, 2.05) is 13.8 Å². The van der Waals surface area contributed by atoms with E-state index in [2.05, 4.69) is 22.2 Å². The molecule has 0 fully saturated rings. The Morgan fingerprint density at radius 1 is 1.40 bits per heavy atom. The molecule has 25 heavy (non-hydrogen) atoms. The fraction of sp³-hybridized carbons (Fsp3) is 0.611. The predicted octanol–water partition coefficient (Wildman–Crippen LogP) is 3.40. The van der Waals surface area contributed by atoms with E-state index in [0.717, 1.165) is 35.9 Å². The number of rotatable bonds is 7. The van der Waals surface area contributed by atoms with Crippen LogP contribution in [0.15, 0.2) is 4.79 Å². The zero-order valence-electron chi connectivity index (χ0n) is 15.0. The molecule has 0 radical (unpaired) electrons. The first kappa shape index (κ1) is 18.5. The highest BCUT2D eigenvalue weighted by atomic mass is 32.2. The van der Waals surface area contributed by atoms with Gasteiger partial charge >= 0.3 is 0 Å². The minimum absolute atomic E-state index is 0.0116. The minimum Gasteiger partial charge on any atom is -0.351 e. The summed E-state index contributed by atoms with van der Waals surface area (Å²) in [5.41, 5.74) is 1.05. The van der Waals surface area contributed by atoms with Gasteiger partial charge in [-0.25, -0.2) is 4.98 Å². The quantitative estimate of drug-likeness (QED) is 0.723. The molecular weight excluding hydrogens is 354 g/mol. The van der Waals surface area contributed by atoms with Crippen molar-refractivity contribution >= 4 is 39.2 Å². The first-order valence-corrected chi connectivity index (χ1v) is 10.8. The number of thiophene rings is 1. The van der Waals surface area contributed by atoms with Crippen LogP contribution in [0.25, 0.3) is 10.2 Å². The number of amides is 1. The van der Waals surface area contributed by atoms with Crippen molar-refractivity contribution in [3.05, 3.63) is 26.6 Å². The summed E-state index contributed by atoms with van der Waals surface area (Å²) < 4.78 is 0. The molecule has 1 aliphatic rings. The predicted molar refractivity (Wildman–Crippen MR) is 106 cm³/mol. The molecular formula is C18H25N3O2S2.